The van der Waals surface area contributed by atoms with Gasteiger partial charge in [-0.2, -0.15) is 0 Å². The van der Waals surface area contributed by atoms with E-state index >= 15 is 0 Å². The molecule has 1 fully saturated rings. The van der Waals surface area contributed by atoms with Crippen molar-refractivity contribution in [2.24, 2.45) is 0 Å². The molecule has 6 aromatic rings. The van der Waals surface area contributed by atoms with E-state index < -0.39 is 24.1 Å². The number of hydrogen-bond acceptors (Lipinski definition) is 4. The number of amides is 2. The first-order valence-corrected chi connectivity index (χ1v) is 14.3. The maximum Gasteiger partial charge on any atom is 0.254 e. The van der Waals surface area contributed by atoms with Crippen LogP contribution < -0.4 is 5.32 Å². The van der Waals surface area contributed by atoms with E-state index in [1.54, 1.807) is 12.0 Å². The second kappa shape index (κ2) is 8.00. The number of benzene rings is 4. The topological polar surface area (TPSA) is 77.7 Å². The van der Waals surface area contributed by atoms with E-state index in [4.69, 9.17) is 9.47 Å². The maximum atomic E-state index is 14.0. The average molecular weight is 557 g/mol. The lowest BCUT2D eigenvalue weighted by Crippen LogP contribution is -2.52. The molecule has 2 aromatic heterocycles. The van der Waals surface area contributed by atoms with E-state index in [1.807, 2.05) is 61.6 Å². The van der Waals surface area contributed by atoms with Gasteiger partial charge in [-0.25, -0.2) is 0 Å². The molecule has 0 unspecified atom stereocenters. The van der Waals surface area contributed by atoms with Crippen LogP contribution in [0.1, 0.15) is 39.4 Å². The molecule has 2 amide bonds. The van der Waals surface area contributed by atoms with Gasteiger partial charge in [-0.15, -0.1) is 0 Å². The average Bonchev–Trinajstić information content (AvgIpc) is 3.72. The number of nitrogens with zero attached hydrogens (tertiary/aromatic N) is 3. The van der Waals surface area contributed by atoms with Crippen molar-refractivity contribution >= 4 is 55.4 Å². The number of methoxy groups -OCH3 is 1. The summed E-state index contributed by atoms with van der Waals surface area (Å²) in [5, 5.41) is 7.16. The molecule has 208 valence electrons. The summed E-state index contributed by atoms with van der Waals surface area (Å²) >= 11 is 0. The summed E-state index contributed by atoms with van der Waals surface area (Å²) in [4.78, 5) is 29.3. The Hall–Kier alpha value is -4.66. The zero-order valence-electron chi connectivity index (χ0n) is 23.4. The van der Waals surface area contributed by atoms with Crippen LogP contribution in [-0.2, 0) is 21.7 Å². The standard InChI is InChI=1S/C34H28N4O4/c1-34-30(41-3)29(36(2)32(40)18-11-5-4-6-12-18)33(42-34)37-22-15-9-7-13-19(22)25-26-21(17-35-31(26)39)24-20-14-8-10-16-23(20)38(34)28(24)27(25)37/h4-16,29-30,33H,17H2,1-3H3,(H,35,39)/t29-,30+,33+,34-/m0/s1. The molecular weight excluding hydrogens is 528 g/mol. The minimum atomic E-state index is -0.964. The maximum absolute atomic E-state index is 14.0. The molecule has 42 heavy (non-hydrogen) atoms. The summed E-state index contributed by atoms with van der Waals surface area (Å²) in [6.45, 7) is 2.54. The lowest BCUT2D eigenvalue weighted by molar-refractivity contribution is -0.142. The molecule has 4 atom stereocenters. The third-order valence-electron chi connectivity index (χ3n) is 9.75. The second-order valence-electron chi connectivity index (χ2n) is 11.7. The predicted molar refractivity (Wildman–Crippen MR) is 161 cm³/mol. The van der Waals surface area contributed by atoms with Gasteiger partial charge in [-0.05, 0) is 36.8 Å². The van der Waals surface area contributed by atoms with Crippen LogP contribution in [0.4, 0.5) is 0 Å². The summed E-state index contributed by atoms with van der Waals surface area (Å²) in [6.07, 6.45) is -1.08. The number of carbonyl (C=O) groups is 2. The van der Waals surface area contributed by atoms with Gasteiger partial charge in [0, 0.05) is 47.8 Å². The van der Waals surface area contributed by atoms with Gasteiger partial charge in [-0.3, -0.25) is 9.59 Å². The minimum Gasteiger partial charge on any atom is -0.374 e. The Labute approximate surface area is 241 Å². The number of carbonyl (C=O) groups excluding carboxylic acids is 2. The first-order valence-electron chi connectivity index (χ1n) is 14.3. The Morgan fingerprint density at radius 2 is 1.62 bits per heavy atom. The van der Waals surface area contributed by atoms with Crippen LogP contribution in [0, 0.1) is 0 Å². The fourth-order valence-corrected chi connectivity index (χ4v) is 8.11. The molecule has 2 bridgehead atoms. The van der Waals surface area contributed by atoms with Crippen molar-refractivity contribution in [1.82, 2.24) is 19.4 Å². The Morgan fingerprint density at radius 1 is 0.952 bits per heavy atom. The molecule has 8 heteroatoms. The fourth-order valence-electron chi connectivity index (χ4n) is 8.11. The molecule has 3 aliphatic heterocycles. The number of nitrogens with one attached hydrogen (secondary N) is 1. The lowest BCUT2D eigenvalue weighted by atomic mass is 9.96. The Kier molecular flexibility index (Phi) is 4.57. The van der Waals surface area contributed by atoms with Gasteiger partial charge in [0.2, 0.25) is 0 Å². The monoisotopic (exact) mass is 556 g/mol. The van der Waals surface area contributed by atoms with Gasteiger partial charge in [0.1, 0.15) is 12.1 Å². The molecule has 0 radical (unpaired) electrons. The highest BCUT2D eigenvalue weighted by atomic mass is 16.6. The van der Waals surface area contributed by atoms with Gasteiger partial charge < -0.3 is 28.8 Å². The van der Waals surface area contributed by atoms with Gasteiger partial charge in [0.25, 0.3) is 11.8 Å². The van der Waals surface area contributed by atoms with Crippen LogP contribution in [0.25, 0.3) is 43.6 Å². The van der Waals surface area contributed by atoms with Crippen molar-refractivity contribution in [3.63, 3.8) is 0 Å². The van der Waals surface area contributed by atoms with E-state index in [0.717, 1.165) is 54.7 Å². The second-order valence-corrected chi connectivity index (χ2v) is 11.7. The van der Waals surface area contributed by atoms with E-state index in [9.17, 15) is 9.59 Å². The Balaban J connectivity index is 1.47. The molecular formula is C34H28N4O4. The summed E-state index contributed by atoms with van der Waals surface area (Å²) in [7, 11) is 3.53. The highest BCUT2D eigenvalue weighted by Gasteiger charge is 2.60. The lowest BCUT2D eigenvalue weighted by Gasteiger charge is -2.37. The summed E-state index contributed by atoms with van der Waals surface area (Å²) in [6, 6.07) is 25.3. The van der Waals surface area contributed by atoms with Crippen molar-refractivity contribution in [3.8, 4) is 0 Å². The van der Waals surface area contributed by atoms with Crippen LogP contribution in [0.2, 0.25) is 0 Å². The van der Waals surface area contributed by atoms with Crippen molar-refractivity contribution in [3.05, 3.63) is 95.6 Å². The van der Waals surface area contributed by atoms with Crippen molar-refractivity contribution in [1.29, 1.82) is 0 Å². The van der Waals surface area contributed by atoms with E-state index in [0.29, 0.717) is 12.1 Å². The zero-order valence-corrected chi connectivity index (χ0v) is 23.4. The number of likely N-dealkylation sites (N-methyl/N-ethyl adjacent to an activating group) is 1. The summed E-state index contributed by atoms with van der Waals surface area (Å²) in [5.74, 6) is -0.166. The highest BCUT2D eigenvalue weighted by molar-refractivity contribution is 6.31. The largest absolute Gasteiger partial charge is 0.374 e. The zero-order chi connectivity index (χ0) is 28.5. The molecule has 3 aliphatic rings. The SMILES string of the molecule is CO[C@@H]1[C@H](N(C)C(=O)c2ccccc2)[C@H]2O[C@]1(C)n1c3ccccc3c3c4c(c5c6ccccc6n2c5c31)C(=O)NC4. The normalized spacial score (nSPS) is 24.2. The van der Waals surface area contributed by atoms with Gasteiger partial charge >= 0.3 is 0 Å². The number of ether oxygens (including phenoxy) is 2. The Bertz CT molecular complexity index is 2160. The smallest absolute Gasteiger partial charge is 0.254 e. The third-order valence-corrected chi connectivity index (χ3v) is 9.75. The van der Waals surface area contributed by atoms with Crippen molar-refractivity contribution in [2.45, 2.75) is 37.6 Å². The number of aromatic nitrogens is 2. The molecule has 0 saturated carbocycles. The van der Waals surface area contributed by atoms with Crippen LogP contribution >= 0.6 is 0 Å². The van der Waals surface area contributed by atoms with E-state index in [1.165, 1.54) is 0 Å². The molecule has 0 spiro atoms. The minimum absolute atomic E-state index is 0.0594. The number of hydrogen-bond donors (Lipinski definition) is 1. The molecule has 4 aromatic carbocycles. The third kappa shape index (κ3) is 2.65. The summed E-state index contributed by atoms with van der Waals surface area (Å²) < 4.78 is 18.0. The molecule has 9 rings (SSSR count). The number of para-hydroxylation sites is 2. The van der Waals surface area contributed by atoms with Crippen molar-refractivity contribution < 1.29 is 19.1 Å². The number of rotatable bonds is 3. The molecule has 0 aliphatic carbocycles. The summed E-state index contributed by atoms with van der Waals surface area (Å²) in [5.41, 5.74) is 5.32. The van der Waals surface area contributed by atoms with Gasteiger partial charge in [0.05, 0.1) is 27.6 Å². The van der Waals surface area contributed by atoms with Crippen LogP contribution in [0.15, 0.2) is 78.9 Å². The first kappa shape index (κ1) is 24.0. The molecule has 1 N–H and O–H groups in total. The van der Waals surface area contributed by atoms with Crippen LogP contribution in [-0.4, -0.2) is 52.2 Å². The van der Waals surface area contributed by atoms with Crippen LogP contribution in [0.5, 0.6) is 0 Å². The number of fused-ring (bicyclic) bond motifs is 13. The predicted octanol–water partition coefficient (Wildman–Crippen LogP) is 5.52. The quantitative estimate of drug-likeness (QED) is 0.312. The van der Waals surface area contributed by atoms with E-state index in [-0.39, 0.29) is 11.8 Å². The molecule has 1 saturated heterocycles. The highest BCUT2D eigenvalue weighted by Crippen LogP contribution is 2.55. The molecule has 5 heterocycles. The fraction of sp³-hybridized carbons (Fsp3) is 0.235. The first-order chi connectivity index (χ1) is 20.5. The van der Waals surface area contributed by atoms with Gasteiger partial charge in [-0.1, -0.05) is 54.6 Å². The van der Waals surface area contributed by atoms with E-state index in [2.05, 4.69) is 45.6 Å². The van der Waals surface area contributed by atoms with Gasteiger partial charge in [0.15, 0.2) is 12.0 Å². The van der Waals surface area contributed by atoms with Crippen molar-refractivity contribution in [2.75, 3.05) is 14.2 Å². The van der Waals surface area contributed by atoms with Crippen LogP contribution in [0.3, 0.4) is 0 Å². The molecule has 8 nitrogen and oxygen atoms in total. The Morgan fingerprint density at radius 3 is 2.36 bits per heavy atom.